The highest BCUT2D eigenvalue weighted by molar-refractivity contribution is 5.84. The molecule has 1 unspecified atom stereocenters. The highest BCUT2D eigenvalue weighted by atomic mass is 16.5. The molecule has 0 aliphatic carbocycles. The molecule has 3 rings (SSSR count). The first kappa shape index (κ1) is 19.5. The van der Waals surface area contributed by atoms with E-state index in [1.54, 1.807) is 7.11 Å². The lowest BCUT2D eigenvalue weighted by atomic mass is 9.77. The summed E-state index contributed by atoms with van der Waals surface area (Å²) in [6, 6.07) is 12.1. The Hall–Kier alpha value is -2.29. The van der Waals surface area contributed by atoms with Gasteiger partial charge in [0.1, 0.15) is 11.5 Å². The lowest BCUT2D eigenvalue weighted by Crippen LogP contribution is -2.29. The topological polar surface area (TPSA) is 35.5 Å². The third kappa shape index (κ3) is 3.87. The van der Waals surface area contributed by atoms with E-state index in [0.717, 1.165) is 28.2 Å². The van der Waals surface area contributed by atoms with E-state index in [2.05, 4.69) is 53.7 Å². The lowest BCUT2D eigenvalue weighted by Gasteiger charge is -2.32. The van der Waals surface area contributed by atoms with Gasteiger partial charge in [-0.1, -0.05) is 65.8 Å². The third-order valence-electron chi connectivity index (χ3n) is 5.25. The number of fused-ring (bicyclic) bond motifs is 1. The van der Waals surface area contributed by atoms with E-state index in [1.807, 2.05) is 24.3 Å². The Morgan fingerprint density at radius 2 is 1.70 bits per heavy atom. The first-order chi connectivity index (χ1) is 12.5. The molecule has 0 N–H and O–H groups in total. The smallest absolute Gasteiger partial charge is 0.319 e. The molecule has 27 heavy (non-hydrogen) atoms. The van der Waals surface area contributed by atoms with Crippen molar-refractivity contribution >= 4 is 5.97 Å². The van der Waals surface area contributed by atoms with Gasteiger partial charge in [-0.2, -0.15) is 0 Å². The highest BCUT2D eigenvalue weighted by Crippen LogP contribution is 2.43. The van der Waals surface area contributed by atoms with Crippen LogP contribution in [0, 0.1) is 0 Å². The Morgan fingerprint density at radius 1 is 1.00 bits per heavy atom. The van der Waals surface area contributed by atoms with Gasteiger partial charge in [-0.15, -0.1) is 0 Å². The van der Waals surface area contributed by atoms with Gasteiger partial charge in [0.25, 0.3) is 0 Å². The zero-order chi connectivity index (χ0) is 20.0. The number of carbonyl (C=O) groups excluding carboxylic acids is 1. The van der Waals surface area contributed by atoms with Crippen LogP contribution in [0.3, 0.4) is 0 Å². The van der Waals surface area contributed by atoms with E-state index in [0.29, 0.717) is 6.42 Å². The Kier molecular flexibility index (Phi) is 4.83. The van der Waals surface area contributed by atoms with E-state index < -0.39 is 0 Å². The average molecular weight is 367 g/mol. The normalized spacial score (nSPS) is 17.3. The first-order valence-corrected chi connectivity index (χ1v) is 9.54. The summed E-state index contributed by atoms with van der Waals surface area (Å²) in [5, 5.41) is 0. The average Bonchev–Trinajstić information content (AvgIpc) is 2.58. The van der Waals surface area contributed by atoms with Crippen molar-refractivity contribution < 1.29 is 14.3 Å². The molecule has 0 saturated carbocycles. The van der Waals surface area contributed by atoms with E-state index in [-0.39, 0.29) is 22.7 Å². The van der Waals surface area contributed by atoms with Gasteiger partial charge >= 0.3 is 5.97 Å². The van der Waals surface area contributed by atoms with Crippen LogP contribution < -0.4 is 9.47 Å². The predicted octanol–water partition coefficient (Wildman–Crippen LogP) is 5.54. The van der Waals surface area contributed by atoms with Crippen LogP contribution in [0.25, 0.3) is 0 Å². The molecule has 1 atom stereocenters. The van der Waals surface area contributed by atoms with Gasteiger partial charge in [-0.3, -0.25) is 4.79 Å². The molecule has 1 aliphatic heterocycles. The molecule has 0 bridgehead atoms. The van der Waals surface area contributed by atoms with Crippen molar-refractivity contribution in [3.63, 3.8) is 0 Å². The van der Waals surface area contributed by atoms with Gasteiger partial charge in [0.05, 0.1) is 13.0 Å². The second-order valence-electron chi connectivity index (χ2n) is 9.47. The summed E-state index contributed by atoms with van der Waals surface area (Å²) in [6.45, 7) is 13.1. The molecule has 0 radical (unpaired) electrons. The Bertz CT molecular complexity index is 866. The monoisotopic (exact) mass is 366 g/mol. The van der Waals surface area contributed by atoms with Gasteiger partial charge < -0.3 is 9.47 Å². The summed E-state index contributed by atoms with van der Waals surface area (Å²) in [5.41, 5.74) is 4.34. The van der Waals surface area contributed by atoms with Crippen molar-refractivity contribution in [1.82, 2.24) is 0 Å². The number of benzene rings is 2. The Balaban J connectivity index is 2.11. The molecular formula is C24H30O3. The first-order valence-electron chi connectivity index (χ1n) is 9.54. The molecule has 3 heteroatoms. The summed E-state index contributed by atoms with van der Waals surface area (Å²) in [5.74, 6) is 1.00. The minimum Gasteiger partial charge on any atom is -0.497 e. The predicted molar refractivity (Wildman–Crippen MR) is 109 cm³/mol. The third-order valence-corrected chi connectivity index (χ3v) is 5.25. The summed E-state index contributed by atoms with van der Waals surface area (Å²) in [4.78, 5) is 12.9. The van der Waals surface area contributed by atoms with Crippen molar-refractivity contribution in [2.45, 2.75) is 64.7 Å². The maximum atomic E-state index is 12.9. The van der Waals surface area contributed by atoms with E-state index >= 15 is 0 Å². The van der Waals surface area contributed by atoms with Gasteiger partial charge in [0, 0.05) is 5.56 Å². The molecule has 3 nitrogen and oxygen atoms in total. The minimum atomic E-state index is -0.310. The van der Waals surface area contributed by atoms with Gasteiger partial charge in [0.2, 0.25) is 0 Å². The van der Waals surface area contributed by atoms with Crippen LogP contribution in [-0.2, 0) is 22.0 Å². The molecule has 2 aromatic carbocycles. The van der Waals surface area contributed by atoms with E-state index in [9.17, 15) is 4.79 Å². The molecule has 0 spiro atoms. The standard InChI is InChI=1S/C24H30O3/c1-23(2,3)17-11-16-13-19(15-9-8-10-18(12-15)26-7)22(25)27-21(16)20(14-17)24(4,5)6/h8-12,14,19H,13H2,1-7H3. The lowest BCUT2D eigenvalue weighted by molar-refractivity contribution is -0.137. The zero-order valence-corrected chi connectivity index (χ0v) is 17.5. The fourth-order valence-corrected chi connectivity index (χ4v) is 3.54. The van der Waals surface area contributed by atoms with Crippen molar-refractivity contribution in [3.05, 3.63) is 58.7 Å². The molecule has 0 aromatic heterocycles. The number of esters is 1. The van der Waals surface area contributed by atoms with Crippen LogP contribution in [-0.4, -0.2) is 13.1 Å². The number of hydrogen-bond acceptors (Lipinski definition) is 3. The minimum absolute atomic E-state index is 0.0297. The number of methoxy groups -OCH3 is 1. The molecule has 1 aliphatic rings. The summed E-state index contributed by atoms with van der Waals surface area (Å²) < 4.78 is 11.2. The molecule has 0 amide bonds. The fourth-order valence-electron chi connectivity index (χ4n) is 3.54. The van der Waals surface area contributed by atoms with Gasteiger partial charge in [-0.25, -0.2) is 0 Å². The number of rotatable bonds is 2. The number of ether oxygens (including phenoxy) is 2. The maximum absolute atomic E-state index is 12.9. The van der Waals surface area contributed by atoms with Crippen LogP contribution in [0.2, 0.25) is 0 Å². The van der Waals surface area contributed by atoms with Crippen LogP contribution in [0.4, 0.5) is 0 Å². The molecule has 0 saturated heterocycles. The summed E-state index contributed by atoms with van der Waals surface area (Å²) >= 11 is 0. The Morgan fingerprint density at radius 3 is 2.30 bits per heavy atom. The van der Waals surface area contributed by atoms with Crippen molar-refractivity contribution in [3.8, 4) is 11.5 Å². The van der Waals surface area contributed by atoms with Crippen molar-refractivity contribution in [1.29, 1.82) is 0 Å². The highest BCUT2D eigenvalue weighted by Gasteiger charge is 2.35. The van der Waals surface area contributed by atoms with Crippen molar-refractivity contribution in [2.75, 3.05) is 7.11 Å². The summed E-state index contributed by atoms with van der Waals surface area (Å²) in [7, 11) is 1.64. The molecule has 0 fully saturated rings. The largest absolute Gasteiger partial charge is 0.497 e. The second-order valence-corrected chi connectivity index (χ2v) is 9.47. The molecule has 144 valence electrons. The maximum Gasteiger partial charge on any atom is 0.319 e. The van der Waals surface area contributed by atoms with Gasteiger partial charge in [0.15, 0.2) is 0 Å². The summed E-state index contributed by atoms with van der Waals surface area (Å²) in [6.07, 6.45) is 0.647. The molecule has 2 aromatic rings. The van der Waals surface area contributed by atoms with Crippen LogP contribution in [0.1, 0.15) is 69.7 Å². The molecular weight excluding hydrogens is 336 g/mol. The Labute approximate surface area is 162 Å². The van der Waals surface area contributed by atoms with Crippen molar-refractivity contribution in [2.24, 2.45) is 0 Å². The second kappa shape index (κ2) is 6.70. The van der Waals surface area contributed by atoms with E-state index in [4.69, 9.17) is 9.47 Å². The SMILES string of the molecule is COc1cccc(C2Cc3cc(C(C)(C)C)cc(C(C)(C)C)c3OC2=O)c1. The number of carbonyl (C=O) groups is 1. The molecule has 1 heterocycles. The van der Waals surface area contributed by atoms with Crippen LogP contribution in [0.5, 0.6) is 11.5 Å². The fraction of sp³-hybridized carbons (Fsp3) is 0.458. The van der Waals surface area contributed by atoms with E-state index in [1.165, 1.54) is 5.56 Å². The zero-order valence-electron chi connectivity index (χ0n) is 17.5. The quantitative estimate of drug-likeness (QED) is 0.517. The van der Waals surface area contributed by atoms with Crippen LogP contribution >= 0.6 is 0 Å². The van der Waals surface area contributed by atoms with Gasteiger partial charge in [-0.05, 0) is 46.1 Å². The number of hydrogen-bond donors (Lipinski definition) is 0. The van der Waals surface area contributed by atoms with Crippen LogP contribution in [0.15, 0.2) is 36.4 Å².